The smallest absolute Gasteiger partial charge is 0.331 e. The number of phosphoric acid groups is 1. The van der Waals surface area contributed by atoms with E-state index in [4.69, 9.17) is 18.5 Å². The Labute approximate surface area is 319 Å². The van der Waals surface area contributed by atoms with Gasteiger partial charge >= 0.3 is 11.9 Å². The molecule has 0 rings (SSSR count). The summed E-state index contributed by atoms with van der Waals surface area (Å²) in [7, 11) is 1.12. The number of esters is 2. The van der Waals surface area contributed by atoms with Gasteiger partial charge in [-0.15, -0.1) is 0 Å². The fraction of sp³-hybridized carbons (Fsp3) is 0.857. The van der Waals surface area contributed by atoms with E-state index in [-0.39, 0.29) is 19.6 Å². The topological polar surface area (TPSA) is 111 Å². The molecule has 0 aliphatic rings. The van der Waals surface area contributed by atoms with Crippen LogP contribution in [-0.2, 0) is 32.7 Å². The minimum absolute atomic E-state index is 0.0446. The molecule has 0 aliphatic heterocycles. The van der Waals surface area contributed by atoms with Crippen LogP contribution in [0, 0.1) is 0 Å². The van der Waals surface area contributed by atoms with E-state index in [0.717, 1.165) is 32.1 Å². The second-order valence-electron chi connectivity index (χ2n) is 15.4. The monoisotopic (exact) mass is 758 g/mol. The van der Waals surface area contributed by atoms with E-state index in [2.05, 4.69) is 13.8 Å². The molecule has 1 unspecified atom stereocenters. The van der Waals surface area contributed by atoms with E-state index < -0.39 is 32.5 Å². The van der Waals surface area contributed by atoms with Gasteiger partial charge in [0.2, 0.25) is 0 Å². The maximum absolute atomic E-state index is 12.5. The van der Waals surface area contributed by atoms with Crippen molar-refractivity contribution in [3.63, 3.8) is 0 Å². The predicted molar refractivity (Wildman–Crippen MR) is 213 cm³/mol. The highest BCUT2D eigenvalue weighted by Crippen LogP contribution is 2.38. The lowest BCUT2D eigenvalue weighted by Crippen LogP contribution is -2.37. The summed E-state index contributed by atoms with van der Waals surface area (Å²) in [6, 6.07) is 0. The number of allylic oxidation sites excluding steroid dienone is 3. The van der Waals surface area contributed by atoms with Crippen molar-refractivity contribution in [1.82, 2.24) is 0 Å². The average Bonchev–Trinajstić information content (AvgIpc) is 3.09. The average molecular weight is 758 g/mol. The van der Waals surface area contributed by atoms with Crippen LogP contribution >= 0.6 is 7.82 Å². The first-order valence-electron chi connectivity index (χ1n) is 21.1. The summed E-state index contributed by atoms with van der Waals surface area (Å²) >= 11 is 0. The molecule has 52 heavy (non-hydrogen) atoms. The molecule has 0 spiro atoms. The van der Waals surface area contributed by atoms with E-state index >= 15 is 0 Å². The molecule has 0 fully saturated rings. The van der Waals surface area contributed by atoms with Crippen LogP contribution in [0.25, 0.3) is 0 Å². The Kier molecular flexibility index (Phi) is 34.2. The van der Waals surface area contributed by atoms with Crippen molar-refractivity contribution >= 4 is 19.8 Å². The van der Waals surface area contributed by atoms with Gasteiger partial charge in [0, 0.05) is 12.5 Å². The molecule has 0 aromatic heterocycles. The second kappa shape index (κ2) is 35.2. The molecule has 0 aromatic carbocycles. The van der Waals surface area contributed by atoms with Crippen molar-refractivity contribution in [3.8, 4) is 0 Å². The van der Waals surface area contributed by atoms with Crippen LogP contribution in [0.1, 0.15) is 181 Å². The summed E-state index contributed by atoms with van der Waals surface area (Å²) < 4.78 is 33.6. The lowest BCUT2D eigenvalue weighted by atomic mass is 10.0. The standard InChI is InChI=1S/C42H80NO8P/c1-6-8-10-12-14-16-18-20-21-23-24-26-28-30-32-34-41(44)48-38-40(39-50-52(46,47)49-37-36-43(3,4)5)51-42(45)35-33-31-29-27-25-22-19-17-15-13-11-9-7-2/h29,31,33,35,40H,6-28,30,32,34,36-39H2,1-5H3/t40-/m1/s1. The SMILES string of the molecule is CCCCCCCCCCCC=CC=CC(=O)O[C@H](COC(=O)CCCCCCCCCCCCCCCCC)COP(=O)([O-])OCC[N+](C)(C)C. The number of nitrogens with zero attached hydrogens (tertiary/aromatic N) is 1. The number of unbranched alkanes of at least 4 members (excludes halogenated alkanes) is 23. The van der Waals surface area contributed by atoms with E-state index in [1.807, 2.05) is 33.3 Å². The molecule has 2 atom stereocenters. The molecule has 0 radical (unpaired) electrons. The Bertz CT molecular complexity index is 949. The van der Waals surface area contributed by atoms with Gasteiger partial charge in [-0.2, -0.15) is 0 Å². The van der Waals surface area contributed by atoms with E-state index in [9.17, 15) is 19.0 Å². The van der Waals surface area contributed by atoms with Gasteiger partial charge < -0.3 is 27.9 Å². The Hall–Kier alpha value is -1.51. The van der Waals surface area contributed by atoms with Gasteiger partial charge in [0.25, 0.3) is 7.82 Å². The zero-order chi connectivity index (χ0) is 38.6. The number of hydrogen-bond acceptors (Lipinski definition) is 8. The number of carbonyl (C=O) groups is 2. The van der Waals surface area contributed by atoms with Gasteiger partial charge in [0.15, 0.2) is 6.10 Å². The fourth-order valence-electron chi connectivity index (χ4n) is 5.74. The quantitative estimate of drug-likeness (QED) is 0.0153. The number of likely N-dealkylation sites (N-methyl/N-ethyl adjacent to an activating group) is 1. The highest BCUT2D eigenvalue weighted by molar-refractivity contribution is 7.45. The maximum Gasteiger partial charge on any atom is 0.331 e. The normalized spacial score (nSPS) is 13.9. The lowest BCUT2D eigenvalue weighted by Gasteiger charge is -2.28. The molecule has 306 valence electrons. The second-order valence-corrected chi connectivity index (χ2v) is 16.8. The van der Waals surface area contributed by atoms with Gasteiger partial charge in [-0.3, -0.25) is 9.36 Å². The Morgan fingerprint density at radius 2 is 1.10 bits per heavy atom. The zero-order valence-corrected chi connectivity index (χ0v) is 35.2. The van der Waals surface area contributed by atoms with Crippen LogP contribution in [0.5, 0.6) is 0 Å². The van der Waals surface area contributed by atoms with Gasteiger partial charge in [0.1, 0.15) is 19.8 Å². The van der Waals surface area contributed by atoms with Crippen LogP contribution in [-0.4, -0.2) is 70.0 Å². The molecular formula is C42H80NO8P. The summed E-state index contributed by atoms with van der Waals surface area (Å²) in [6.45, 7) is 4.10. The molecule has 0 bridgehead atoms. The predicted octanol–water partition coefficient (Wildman–Crippen LogP) is 10.9. The van der Waals surface area contributed by atoms with Gasteiger partial charge in [-0.05, 0) is 19.3 Å². The maximum atomic E-state index is 12.5. The largest absolute Gasteiger partial charge is 0.756 e. The van der Waals surface area contributed by atoms with Crippen LogP contribution in [0.3, 0.4) is 0 Å². The van der Waals surface area contributed by atoms with E-state index in [0.29, 0.717) is 11.0 Å². The van der Waals surface area contributed by atoms with Crippen LogP contribution in [0.4, 0.5) is 0 Å². The number of ether oxygens (including phenoxy) is 2. The van der Waals surface area contributed by atoms with E-state index in [1.165, 1.54) is 134 Å². The molecule has 9 nitrogen and oxygen atoms in total. The summed E-state index contributed by atoms with van der Waals surface area (Å²) in [5.74, 6) is -1.08. The number of quaternary nitrogens is 1. The number of rotatable bonds is 38. The third kappa shape index (κ3) is 38.2. The van der Waals surface area contributed by atoms with Crippen LogP contribution < -0.4 is 4.89 Å². The Morgan fingerprint density at radius 3 is 1.58 bits per heavy atom. The Balaban J connectivity index is 4.46. The first kappa shape index (κ1) is 50.5. The van der Waals surface area contributed by atoms with Gasteiger partial charge in [-0.1, -0.05) is 173 Å². The zero-order valence-electron chi connectivity index (χ0n) is 34.3. The van der Waals surface area contributed by atoms with Crippen molar-refractivity contribution in [1.29, 1.82) is 0 Å². The van der Waals surface area contributed by atoms with Gasteiger partial charge in [-0.25, -0.2) is 4.79 Å². The number of hydrogen-bond donors (Lipinski definition) is 0. The molecular weight excluding hydrogens is 677 g/mol. The fourth-order valence-corrected chi connectivity index (χ4v) is 6.47. The number of phosphoric ester groups is 1. The molecule has 0 saturated heterocycles. The highest BCUT2D eigenvalue weighted by atomic mass is 31.2. The highest BCUT2D eigenvalue weighted by Gasteiger charge is 2.21. The van der Waals surface area contributed by atoms with Crippen molar-refractivity contribution in [2.45, 2.75) is 187 Å². The van der Waals surface area contributed by atoms with Crippen LogP contribution in [0.2, 0.25) is 0 Å². The first-order chi connectivity index (χ1) is 25.0. The van der Waals surface area contributed by atoms with E-state index in [1.54, 1.807) is 6.08 Å². The molecule has 0 aromatic rings. The summed E-state index contributed by atoms with van der Waals surface area (Å²) in [6.07, 6.45) is 36.9. The van der Waals surface area contributed by atoms with Crippen molar-refractivity contribution in [3.05, 3.63) is 24.3 Å². The van der Waals surface area contributed by atoms with Crippen LogP contribution in [0.15, 0.2) is 24.3 Å². The molecule has 0 heterocycles. The Morgan fingerprint density at radius 1 is 0.635 bits per heavy atom. The third-order valence-corrected chi connectivity index (χ3v) is 10.0. The van der Waals surface area contributed by atoms with Crippen molar-refractivity contribution in [2.24, 2.45) is 0 Å². The van der Waals surface area contributed by atoms with Crippen molar-refractivity contribution in [2.75, 3.05) is 47.5 Å². The lowest BCUT2D eigenvalue weighted by molar-refractivity contribution is -0.870. The molecule has 0 saturated carbocycles. The van der Waals surface area contributed by atoms with Gasteiger partial charge in [0.05, 0.1) is 27.7 Å². The molecule has 0 aliphatic carbocycles. The molecule has 0 amide bonds. The molecule has 0 N–H and O–H groups in total. The third-order valence-electron chi connectivity index (χ3n) is 9.08. The number of carbonyl (C=O) groups excluding carboxylic acids is 2. The summed E-state index contributed by atoms with van der Waals surface area (Å²) in [5, 5.41) is 0. The summed E-state index contributed by atoms with van der Waals surface area (Å²) in [5.41, 5.74) is 0. The first-order valence-corrected chi connectivity index (χ1v) is 22.5. The summed E-state index contributed by atoms with van der Waals surface area (Å²) in [4.78, 5) is 37.3. The molecule has 10 heteroatoms. The van der Waals surface area contributed by atoms with Crippen molar-refractivity contribution < 1.29 is 42.1 Å². The minimum atomic E-state index is -4.64. The minimum Gasteiger partial charge on any atom is -0.756 e.